The Morgan fingerprint density at radius 3 is 2.60 bits per heavy atom. The lowest BCUT2D eigenvalue weighted by Gasteiger charge is -2.37. The van der Waals surface area contributed by atoms with Crippen molar-refractivity contribution in [3.05, 3.63) is 17.5 Å². The van der Waals surface area contributed by atoms with Crippen LogP contribution in [0.2, 0.25) is 0 Å². The second-order valence-corrected chi connectivity index (χ2v) is 8.32. The van der Waals surface area contributed by atoms with Gasteiger partial charge < -0.3 is 19.9 Å². The van der Waals surface area contributed by atoms with Gasteiger partial charge in [0.05, 0.1) is 11.1 Å². The van der Waals surface area contributed by atoms with Crippen molar-refractivity contribution >= 4 is 17.7 Å². The standard InChI is InChI=1S/C21H33N5O4/c1-5-26-17(18(27)22-9-6-12-30-4)14-21(20(26)29)7-10-25(11-8-21)19(28)16-13-15(2)23-24(16)3/h13,17H,5-12,14H2,1-4H3,(H,22,27). The molecular formula is C21H33N5O4. The molecule has 0 bridgehead atoms. The first kappa shape index (κ1) is 22.3. The number of amides is 3. The fraction of sp³-hybridized carbons (Fsp3) is 0.714. The van der Waals surface area contributed by atoms with Crippen LogP contribution in [-0.2, 0) is 21.4 Å². The summed E-state index contributed by atoms with van der Waals surface area (Å²) in [5.74, 6) is -0.106. The number of ether oxygens (including phenoxy) is 1. The fourth-order valence-corrected chi connectivity index (χ4v) is 4.69. The van der Waals surface area contributed by atoms with E-state index in [1.165, 1.54) is 0 Å². The first-order valence-corrected chi connectivity index (χ1v) is 10.7. The van der Waals surface area contributed by atoms with Crippen LogP contribution in [0.5, 0.6) is 0 Å². The number of methoxy groups -OCH3 is 1. The van der Waals surface area contributed by atoms with E-state index in [4.69, 9.17) is 4.74 Å². The van der Waals surface area contributed by atoms with Crippen molar-refractivity contribution in [2.75, 3.05) is 39.9 Å². The molecule has 9 nitrogen and oxygen atoms in total. The van der Waals surface area contributed by atoms with E-state index in [9.17, 15) is 14.4 Å². The topological polar surface area (TPSA) is 96.8 Å². The summed E-state index contributed by atoms with van der Waals surface area (Å²) >= 11 is 0. The molecule has 2 aliphatic heterocycles. The summed E-state index contributed by atoms with van der Waals surface area (Å²) in [6, 6.07) is 1.35. The van der Waals surface area contributed by atoms with Gasteiger partial charge in [-0.2, -0.15) is 5.10 Å². The zero-order valence-electron chi connectivity index (χ0n) is 18.4. The molecule has 2 aliphatic rings. The number of carbonyl (C=O) groups excluding carboxylic acids is 3. The fourth-order valence-electron chi connectivity index (χ4n) is 4.69. The Hall–Kier alpha value is -2.42. The number of rotatable bonds is 7. The van der Waals surface area contributed by atoms with Crippen LogP contribution in [0.25, 0.3) is 0 Å². The number of hydrogen-bond acceptors (Lipinski definition) is 5. The van der Waals surface area contributed by atoms with Crippen LogP contribution < -0.4 is 5.32 Å². The predicted octanol–water partition coefficient (Wildman–Crippen LogP) is 0.724. The zero-order valence-corrected chi connectivity index (χ0v) is 18.4. The molecule has 1 spiro atoms. The lowest BCUT2D eigenvalue weighted by atomic mass is 9.76. The van der Waals surface area contributed by atoms with Gasteiger partial charge >= 0.3 is 0 Å². The number of likely N-dealkylation sites (tertiary alicyclic amines) is 2. The quantitative estimate of drug-likeness (QED) is 0.657. The number of aryl methyl sites for hydroxylation is 2. The Morgan fingerprint density at radius 1 is 1.33 bits per heavy atom. The third-order valence-corrected chi connectivity index (χ3v) is 6.37. The number of hydrogen-bond donors (Lipinski definition) is 1. The minimum Gasteiger partial charge on any atom is -0.385 e. The van der Waals surface area contributed by atoms with Gasteiger partial charge in [0.25, 0.3) is 5.91 Å². The zero-order chi connectivity index (χ0) is 21.9. The molecule has 3 rings (SSSR count). The van der Waals surface area contributed by atoms with Crippen molar-refractivity contribution < 1.29 is 19.1 Å². The van der Waals surface area contributed by atoms with Crippen LogP contribution in [0.15, 0.2) is 6.07 Å². The maximum atomic E-state index is 13.2. The number of aromatic nitrogens is 2. The van der Waals surface area contributed by atoms with E-state index in [1.54, 1.807) is 34.7 Å². The van der Waals surface area contributed by atoms with Gasteiger partial charge in [-0.05, 0) is 45.6 Å². The summed E-state index contributed by atoms with van der Waals surface area (Å²) in [7, 11) is 3.40. The van der Waals surface area contributed by atoms with Gasteiger partial charge in [-0.3, -0.25) is 19.1 Å². The second kappa shape index (κ2) is 9.16. The molecule has 1 N–H and O–H groups in total. The summed E-state index contributed by atoms with van der Waals surface area (Å²) in [6.07, 6.45) is 2.42. The van der Waals surface area contributed by atoms with Crippen LogP contribution in [0.1, 0.15) is 48.8 Å². The van der Waals surface area contributed by atoms with Gasteiger partial charge in [0.15, 0.2) is 0 Å². The first-order valence-electron chi connectivity index (χ1n) is 10.7. The lowest BCUT2D eigenvalue weighted by Crippen LogP contribution is -2.47. The average molecular weight is 420 g/mol. The lowest BCUT2D eigenvalue weighted by molar-refractivity contribution is -0.140. The van der Waals surface area contributed by atoms with Crippen molar-refractivity contribution in [1.82, 2.24) is 24.9 Å². The van der Waals surface area contributed by atoms with E-state index in [0.717, 1.165) is 12.1 Å². The van der Waals surface area contributed by atoms with E-state index in [1.807, 2.05) is 13.8 Å². The Kier molecular flexibility index (Phi) is 6.80. The highest BCUT2D eigenvalue weighted by molar-refractivity contribution is 5.95. The first-order chi connectivity index (χ1) is 14.3. The highest BCUT2D eigenvalue weighted by atomic mass is 16.5. The van der Waals surface area contributed by atoms with E-state index in [-0.39, 0.29) is 17.7 Å². The number of nitrogens with zero attached hydrogens (tertiary/aromatic N) is 4. The maximum Gasteiger partial charge on any atom is 0.272 e. The van der Waals surface area contributed by atoms with Crippen molar-refractivity contribution in [3.63, 3.8) is 0 Å². The van der Waals surface area contributed by atoms with Gasteiger partial charge in [0.2, 0.25) is 11.8 Å². The van der Waals surface area contributed by atoms with Crippen LogP contribution in [-0.4, -0.2) is 83.2 Å². The van der Waals surface area contributed by atoms with Gasteiger partial charge in [-0.1, -0.05) is 0 Å². The van der Waals surface area contributed by atoms with E-state index < -0.39 is 11.5 Å². The molecule has 1 unspecified atom stereocenters. The van der Waals surface area contributed by atoms with Gasteiger partial charge in [-0.25, -0.2) is 0 Å². The summed E-state index contributed by atoms with van der Waals surface area (Å²) in [4.78, 5) is 42.3. The Labute approximate surface area is 177 Å². The monoisotopic (exact) mass is 419 g/mol. The normalized spacial score (nSPS) is 20.8. The summed E-state index contributed by atoms with van der Waals surface area (Å²) in [5, 5.41) is 7.19. The summed E-state index contributed by atoms with van der Waals surface area (Å²) in [5.41, 5.74) is 0.812. The highest BCUT2D eigenvalue weighted by Crippen LogP contribution is 2.44. The molecular weight excluding hydrogens is 386 g/mol. The molecule has 3 heterocycles. The number of likely N-dealkylation sites (N-methyl/N-ethyl adjacent to an activating group) is 1. The predicted molar refractivity (Wildman–Crippen MR) is 111 cm³/mol. The van der Waals surface area contributed by atoms with E-state index >= 15 is 0 Å². The Morgan fingerprint density at radius 2 is 2.03 bits per heavy atom. The summed E-state index contributed by atoms with van der Waals surface area (Å²) < 4.78 is 6.62. The van der Waals surface area contributed by atoms with Crippen LogP contribution in [0.3, 0.4) is 0 Å². The molecule has 1 aromatic rings. The molecule has 1 atom stereocenters. The maximum absolute atomic E-state index is 13.2. The third kappa shape index (κ3) is 4.21. The third-order valence-electron chi connectivity index (χ3n) is 6.37. The molecule has 166 valence electrons. The van der Waals surface area contributed by atoms with Gasteiger partial charge in [-0.15, -0.1) is 0 Å². The molecule has 9 heteroatoms. The Balaban J connectivity index is 1.64. The van der Waals surface area contributed by atoms with Crippen LogP contribution in [0, 0.1) is 12.3 Å². The minimum atomic E-state index is -0.552. The van der Waals surface area contributed by atoms with Crippen molar-refractivity contribution in [2.45, 2.75) is 45.6 Å². The van der Waals surface area contributed by atoms with Crippen molar-refractivity contribution in [2.24, 2.45) is 12.5 Å². The number of nitrogens with one attached hydrogen (secondary N) is 1. The molecule has 0 saturated carbocycles. The minimum absolute atomic E-state index is 0.0468. The second-order valence-electron chi connectivity index (χ2n) is 8.32. The van der Waals surface area contributed by atoms with Gasteiger partial charge in [0.1, 0.15) is 11.7 Å². The van der Waals surface area contributed by atoms with E-state index in [2.05, 4.69) is 10.4 Å². The smallest absolute Gasteiger partial charge is 0.272 e. The molecule has 2 saturated heterocycles. The van der Waals surface area contributed by atoms with E-state index in [0.29, 0.717) is 57.7 Å². The molecule has 30 heavy (non-hydrogen) atoms. The number of piperidine rings is 1. The van der Waals surface area contributed by atoms with Gasteiger partial charge in [0, 0.05) is 46.9 Å². The molecule has 3 amide bonds. The molecule has 0 radical (unpaired) electrons. The van der Waals surface area contributed by atoms with Crippen LogP contribution in [0.4, 0.5) is 0 Å². The SMILES string of the molecule is CCN1C(=O)C2(CCN(C(=O)c3cc(C)nn3C)CC2)CC1C(=O)NCCCOC. The molecule has 1 aromatic heterocycles. The van der Waals surface area contributed by atoms with Crippen LogP contribution >= 0.6 is 0 Å². The molecule has 0 aliphatic carbocycles. The Bertz CT molecular complexity index is 797. The number of carbonyl (C=O) groups is 3. The average Bonchev–Trinajstić information content (AvgIpc) is 3.21. The largest absolute Gasteiger partial charge is 0.385 e. The van der Waals surface area contributed by atoms with Crippen molar-refractivity contribution in [3.8, 4) is 0 Å². The highest BCUT2D eigenvalue weighted by Gasteiger charge is 2.54. The van der Waals surface area contributed by atoms with Crippen molar-refractivity contribution in [1.29, 1.82) is 0 Å². The molecule has 2 fully saturated rings. The molecule has 0 aromatic carbocycles. The summed E-state index contributed by atoms with van der Waals surface area (Å²) in [6.45, 7) is 6.42.